The zero-order chi connectivity index (χ0) is 9.73. The summed E-state index contributed by atoms with van der Waals surface area (Å²) >= 11 is 0. The third kappa shape index (κ3) is 3.52. The van der Waals surface area contributed by atoms with Crippen LogP contribution >= 0.6 is 0 Å². The molecule has 0 aliphatic heterocycles. The van der Waals surface area contributed by atoms with Crippen molar-refractivity contribution in [2.24, 2.45) is 0 Å². The molecule has 1 aromatic carbocycles. The smallest absolute Gasteiger partial charge is 0.211 e. The average molecular weight is 182 g/mol. The van der Waals surface area contributed by atoms with Gasteiger partial charge >= 0.3 is 0 Å². The first-order valence-electron chi connectivity index (χ1n) is 4.02. The molecule has 0 aromatic heterocycles. The van der Waals surface area contributed by atoms with Gasteiger partial charge in [0.25, 0.3) is 0 Å². The van der Waals surface area contributed by atoms with Crippen LogP contribution in [0, 0.1) is 5.21 Å². The molecule has 0 unspecified atom stereocenters. The normalized spacial score (nSPS) is 11.6. The Bertz CT molecular complexity index is 248. The fraction of sp³-hybridized carbons (Fsp3) is 0.333. The first-order valence-corrected chi connectivity index (χ1v) is 4.02. The summed E-state index contributed by atoms with van der Waals surface area (Å²) in [5.41, 5.74) is 2.14. The number of hydrogen-bond acceptors (Lipinski definition) is 4. The predicted molar refractivity (Wildman–Crippen MR) is 48.4 cm³/mol. The van der Waals surface area contributed by atoms with E-state index in [-0.39, 0.29) is 6.42 Å². The minimum atomic E-state index is -2.31. The van der Waals surface area contributed by atoms with Gasteiger partial charge in [-0.05, 0) is 12.0 Å². The molecule has 0 saturated carbocycles. The second-order valence-corrected chi connectivity index (χ2v) is 2.90. The number of nitrogens with one attached hydrogen (secondary N) is 1. The topological polar surface area (TPSA) is 75.5 Å². The monoisotopic (exact) mass is 182 g/mol. The van der Waals surface area contributed by atoms with E-state index >= 15 is 0 Å². The van der Waals surface area contributed by atoms with E-state index in [9.17, 15) is 5.21 Å². The summed E-state index contributed by atoms with van der Waals surface area (Å²) in [5.74, 6) is -2.31. The molecule has 0 aliphatic rings. The van der Waals surface area contributed by atoms with E-state index in [0.717, 1.165) is 5.56 Å². The molecular formula is C9H12NO3-. The lowest BCUT2D eigenvalue weighted by Crippen LogP contribution is -2.41. The van der Waals surface area contributed by atoms with E-state index in [0.29, 0.717) is 6.42 Å². The SMILES string of the molecule is [O-]NC(O)(O)CCc1ccccc1. The Balaban J connectivity index is 2.44. The highest BCUT2D eigenvalue weighted by molar-refractivity contribution is 5.14. The molecule has 0 spiro atoms. The summed E-state index contributed by atoms with van der Waals surface area (Å²) in [6.07, 6.45) is 0.420. The molecule has 4 heteroatoms. The Morgan fingerprint density at radius 1 is 1.23 bits per heavy atom. The summed E-state index contributed by atoms with van der Waals surface area (Å²) in [5, 5.41) is 27.9. The van der Waals surface area contributed by atoms with Crippen LogP contribution < -0.4 is 5.48 Å². The molecule has 0 aliphatic carbocycles. The van der Waals surface area contributed by atoms with Crippen LogP contribution in [0.1, 0.15) is 12.0 Å². The van der Waals surface area contributed by atoms with Crippen molar-refractivity contribution in [3.05, 3.63) is 41.1 Å². The maximum atomic E-state index is 10.0. The van der Waals surface area contributed by atoms with Crippen LogP contribution in [0.4, 0.5) is 0 Å². The quantitative estimate of drug-likeness (QED) is 0.463. The third-order valence-electron chi connectivity index (χ3n) is 1.77. The van der Waals surface area contributed by atoms with Crippen molar-refractivity contribution in [2.75, 3.05) is 0 Å². The molecule has 0 saturated heterocycles. The van der Waals surface area contributed by atoms with Gasteiger partial charge in [0.15, 0.2) is 0 Å². The lowest BCUT2D eigenvalue weighted by molar-refractivity contribution is -0.180. The van der Waals surface area contributed by atoms with Crippen molar-refractivity contribution in [3.63, 3.8) is 0 Å². The Morgan fingerprint density at radius 3 is 2.38 bits per heavy atom. The summed E-state index contributed by atoms with van der Waals surface area (Å²) in [6.45, 7) is 0. The van der Waals surface area contributed by atoms with Gasteiger partial charge < -0.3 is 20.9 Å². The molecule has 0 atom stereocenters. The van der Waals surface area contributed by atoms with Gasteiger partial charge in [-0.2, -0.15) is 0 Å². The molecule has 1 aromatic rings. The molecule has 3 N–H and O–H groups in total. The van der Waals surface area contributed by atoms with Gasteiger partial charge in [0.2, 0.25) is 5.91 Å². The van der Waals surface area contributed by atoms with Crippen LogP contribution in [-0.4, -0.2) is 16.1 Å². The summed E-state index contributed by atoms with van der Waals surface area (Å²) in [7, 11) is 0. The van der Waals surface area contributed by atoms with Gasteiger partial charge in [-0.15, -0.1) is 0 Å². The van der Waals surface area contributed by atoms with Crippen molar-refractivity contribution in [1.29, 1.82) is 0 Å². The molecule has 4 nitrogen and oxygen atoms in total. The molecular weight excluding hydrogens is 170 g/mol. The second kappa shape index (κ2) is 4.34. The predicted octanol–water partition coefficient (Wildman–Crippen LogP) is 0.345. The molecule has 0 radical (unpaired) electrons. The molecule has 13 heavy (non-hydrogen) atoms. The van der Waals surface area contributed by atoms with Crippen LogP contribution in [0.2, 0.25) is 0 Å². The Hall–Kier alpha value is -0.940. The van der Waals surface area contributed by atoms with Crippen LogP contribution in [0.3, 0.4) is 0 Å². The Labute approximate surface area is 76.4 Å². The van der Waals surface area contributed by atoms with E-state index in [2.05, 4.69) is 0 Å². The van der Waals surface area contributed by atoms with Gasteiger partial charge in [0.1, 0.15) is 0 Å². The van der Waals surface area contributed by atoms with Crippen molar-refractivity contribution < 1.29 is 10.2 Å². The highest BCUT2D eigenvalue weighted by Crippen LogP contribution is 2.08. The largest absolute Gasteiger partial charge is 0.784 e. The fourth-order valence-corrected chi connectivity index (χ4v) is 1.01. The van der Waals surface area contributed by atoms with Gasteiger partial charge in [0, 0.05) is 6.42 Å². The molecule has 0 amide bonds. The first kappa shape index (κ1) is 10.1. The van der Waals surface area contributed by atoms with E-state index < -0.39 is 5.91 Å². The fourth-order valence-electron chi connectivity index (χ4n) is 1.01. The number of rotatable bonds is 4. The zero-order valence-corrected chi connectivity index (χ0v) is 7.10. The van der Waals surface area contributed by atoms with Crippen molar-refractivity contribution in [2.45, 2.75) is 18.8 Å². The number of hydroxylamine groups is 1. The summed E-state index contributed by atoms with van der Waals surface area (Å²) in [4.78, 5) is 0. The van der Waals surface area contributed by atoms with Crippen molar-refractivity contribution in [3.8, 4) is 0 Å². The highest BCUT2D eigenvalue weighted by atomic mass is 16.6. The maximum Gasteiger partial charge on any atom is 0.211 e. The summed E-state index contributed by atoms with van der Waals surface area (Å²) in [6, 6.07) is 9.31. The van der Waals surface area contributed by atoms with E-state index in [4.69, 9.17) is 10.2 Å². The van der Waals surface area contributed by atoms with Gasteiger partial charge in [-0.25, -0.2) is 0 Å². The number of aryl methyl sites for hydroxylation is 1. The molecule has 0 heterocycles. The van der Waals surface area contributed by atoms with Crippen LogP contribution in [-0.2, 0) is 6.42 Å². The Kier molecular flexibility index (Phi) is 3.39. The second-order valence-electron chi connectivity index (χ2n) is 2.90. The molecule has 72 valence electrons. The number of aliphatic hydroxyl groups is 2. The third-order valence-corrected chi connectivity index (χ3v) is 1.77. The lowest BCUT2D eigenvalue weighted by atomic mass is 10.1. The summed E-state index contributed by atoms with van der Waals surface area (Å²) < 4.78 is 0. The highest BCUT2D eigenvalue weighted by Gasteiger charge is 2.16. The van der Waals surface area contributed by atoms with Gasteiger partial charge in [-0.3, -0.25) is 0 Å². The zero-order valence-electron chi connectivity index (χ0n) is 7.10. The molecule has 0 fully saturated rings. The Morgan fingerprint density at radius 2 is 1.85 bits per heavy atom. The minimum absolute atomic E-state index is 0.0273. The maximum absolute atomic E-state index is 10.0. The van der Waals surface area contributed by atoms with Crippen molar-refractivity contribution >= 4 is 0 Å². The van der Waals surface area contributed by atoms with Crippen LogP contribution in [0.25, 0.3) is 0 Å². The molecule has 1 rings (SSSR count). The van der Waals surface area contributed by atoms with Gasteiger partial charge in [-0.1, -0.05) is 30.3 Å². The number of benzene rings is 1. The van der Waals surface area contributed by atoms with E-state index in [1.807, 2.05) is 30.3 Å². The molecule has 0 bridgehead atoms. The van der Waals surface area contributed by atoms with Crippen LogP contribution in [0.5, 0.6) is 0 Å². The first-order chi connectivity index (χ1) is 6.14. The van der Waals surface area contributed by atoms with Gasteiger partial charge in [0.05, 0.1) is 0 Å². The van der Waals surface area contributed by atoms with Crippen molar-refractivity contribution in [1.82, 2.24) is 5.48 Å². The standard InChI is InChI=1S/C9H12NO3/c11-9(12,10-13)7-6-8-4-2-1-3-5-8/h1-5,10-12H,6-7H2/q-1. The van der Waals surface area contributed by atoms with E-state index in [1.54, 1.807) is 0 Å². The lowest BCUT2D eigenvalue weighted by Gasteiger charge is -2.26. The average Bonchev–Trinajstić information content (AvgIpc) is 2.17. The van der Waals surface area contributed by atoms with Crippen LogP contribution in [0.15, 0.2) is 30.3 Å². The van der Waals surface area contributed by atoms with E-state index in [1.165, 1.54) is 5.48 Å². The minimum Gasteiger partial charge on any atom is -0.784 e. The number of hydrogen-bond donors (Lipinski definition) is 3.